The van der Waals surface area contributed by atoms with Gasteiger partial charge in [-0.15, -0.1) is 0 Å². The van der Waals surface area contributed by atoms with Crippen LogP contribution in [0.1, 0.15) is 54.9 Å². The van der Waals surface area contributed by atoms with E-state index in [1.54, 1.807) is 25.1 Å². The summed E-state index contributed by atoms with van der Waals surface area (Å²) >= 11 is 0. The van der Waals surface area contributed by atoms with Gasteiger partial charge in [0.15, 0.2) is 0 Å². The van der Waals surface area contributed by atoms with E-state index in [1.165, 1.54) is 19.3 Å². The van der Waals surface area contributed by atoms with Crippen LogP contribution in [-0.4, -0.2) is 16.7 Å². The largest absolute Gasteiger partial charge is 0.507 e. The third-order valence-electron chi connectivity index (χ3n) is 4.01. The summed E-state index contributed by atoms with van der Waals surface area (Å²) in [5.74, 6) is 0.145. The van der Waals surface area contributed by atoms with Gasteiger partial charge in [-0.1, -0.05) is 31.4 Å². The van der Waals surface area contributed by atoms with Crippen molar-refractivity contribution < 1.29 is 9.90 Å². The molecule has 0 unspecified atom stereocenters. The van der Waals surface area contributed by atoms with Crippen molar-refractivity contribution in [3.8, 4) is 5.75 Å². The van der Waals surface area contributed by atoms with E-state index >= 15 is 0 Å². The van der Waals surface area contributed by atoms with Crippen molar-refractivity contribution in [2.45, 2.75) is 46.0 Å². The van der Waals surface area contributed by atoms with Crippen LogP contribution in [0.25, 0.3) is 0 Å². The molecule has 0 saturated heterocycles. The molecule has 4 nitrogen and oxygen atoms in total. The van der Waals surface area contributed by atoms with Gasteiger partial charge in [0.05, 0.1) is 5.56 Å². The van der Waals surface area contributed by atoms with Crippen molar-refractivity contribution in [3.05, 3.63) is 29.3 Å². The van der Waals surface area contributed by atoms with Crippen LogP contribution in [0.4, 0.5) is 0 Å². The van der Waals surface area contributed by atoms with Crippen molar-refractivity contribution in [3.63, 3.8) is 0 Å². The lowest BCUT2D eigenvalue weighted by Gasteiger charge is -2.21. The van der Waals surface area contributed by atoms with E-state index in [1.807, 2.05) is 6.92 Å². The number of hydrogen-bond donors (Lipinski definition) is 2. The summed E-state index contributed by atoms with van der Waals surface area (Å²) < 4.78 is 0. The zero-order valence-electron chi connectivity index (χ0n) is 12.1. The van der Waals surface area contributed by atoms with E-state index in [0.717, 1.165) is 18.6 Å². The van der Waals surface area contributed by atoms with Gasteiger partial charge >= 0.3 is 0 Å². The molecule has 0 heterocycles. The van der Waals surface area contributed by atoms with Gasteiger partial charge in [0.25, 0.3) is 5.91 Å². The highest BCUT2D eigenvalue weighted by molar-refractivity contribution is 5.98. The number of aromatic hydroxyl groups is 1. The summed E-state index contributed by atoms with van der Waals surface area (Å²) in [5, 5.41) is 14.1. The van der Waals surface area contributed by atoms with E-state index in [-0.39, 0.29) is 17.2 Å². The number of nitrogens with zero attached hydrogens (tertiary/aromatic N) is 1. The molecule has 0 bridgehead atoms. The van der Waals surface area contributed by atoms with Gasteiger partial charge in [-0.2, -0.15) is 5.10 Å². The quantitative estimate of drug-likeness (QED) is 0.655. The van der Waals surface area contributed by atoms with Gasteiger partial charge in [0.1, 0.15) is 5.75 Å². The predicted octanol–water partition coefficient (Wildman–Crippen LogP) is 3.39. The van der Waals surface area contributed by atoms with Crippen molar-refractivity contribution in [2.75, 3.05) is 0 Å². The van der Waals surface area contributed by atoms with Gasteiger partial charge in [-0.05, 0) is 44.2 Å². The highest BCUT2D eigenvalue weighted by Gasteiger charge is 2.17. The van der Waals surface area contributed by atoms with Gasteiger partial charge < -0.3 is 5.11 Å². The molecule has 2 N–H and O–H groups in total. The number of benzene rings is 1. The summed E-state index contributed by atoms with van der Waals surface area (Å²) in [4.78, 5) is 12.0. The molecule has 108 valence electrons. The molecular weight excluding hydrogens is 252 g/mol. The topological polar surface area (TPSA) is 61.7 Å². The minimum absolute atomic E-state index is 0.0236. The maximum atomic E-state index is 12.0. The van der Waals surface area contributed by atoms with Crippen LogP contribution < -0.4 is 5.43 Å². The summed E-state index contributed by atoms with van der Waals surface area (Å²) in [5.41, 5.74) is 4.48. The smallest absolute Gasteiger partial charge is 0.275 e. The van der Waals surface area contributed by atoms with Crippen molar-refractivity contribution in [1.82, 2.24) is 5.43 Å². The first-order valence-electron chi connectivity index (χ1n) is 7.22. The van der Waals surface area contributed by atoms with Gasteiger partial charge in [0, 0.05) is 5.71 Å². The molecule has 1 fully saturated rings. The Labute approximate surface area is 119 Å². The summed E-state index contributed by atoms with van der Waals surface area (Å²) in [6, 6.07) is 5.12. The fraction of sp³-hybridized carbons (Fsp3) is 0.500. The molecule has 1 aromatic rings. The first-order chi connectivity index (χ1) is 9.59. The lowest BCUT2D eigenvalue weighted by atomic mass is 9.86. The predicted molar refractivity (Wildman–Crippen MR) is 80.0 cm³/mol. The Morgan fingerprint density at radius 2 is 2.00 bits per heavy atom. The second-order valence-electron chi connectivity index (χ2n) is 5.50. The molecule has 0 aliphatic heterocycles. The van der Waals surface area contributed by atoms with Crippen LogP contribution in [-0.2, 0) is 0 Å². The Hall–Kier alpha value is -1.84. The fourth-order valence-corrected chi connectivity index (χ4v) is 2.65. The summed E-state index contributed by atoms with van der Waals surface area (Å²) in [6.07, 6.45) is 6.09. The number of aryl methyl sites for hydroxylation is 1. The number of amides is 1. The first-order valence-corrected chi connectivity index (χ1v) is 7.22. The lowest BCUT2D eigenvalue weighted by Crippen LogP contribution is -2.23. The van der Waals surface area contributed by atoms with Gasteiger partial charge in [0.2, 0.25) is 0 Å². The monoisotopic (exact) mass is 274 g/mol. The number of phenols is 1. The standard InChI is InChI=1S/C16H22N2O2/c1-11-7-6-10-14(15(11)19)16(20)18-17-12(2)13-8-4-3-5-9-13/h6-7,10,13,19H,3-5,8-9H2,1-2H3,(H,18,20)/b17-12+. The summed E-state index contributed by atoms with van der Waals surface area (Å²) in [7, 11) is 0. The Balaban J connectivity index is 2.02. The number of para-hydroxylation sites is 1. The highest BCUT2D eigenvalue weighted by atomic mass is 16.3. The molecule has 0 radical (unpaired) electrons. The number of nitrogens with one attached hydrogen (secondary N) is 1. The Kier molecular flexibility index (Phi) is 4.77. The third kappa shape index (κ3) is 3.38. The summed E-state index contributed by atoms with van der Waals surface area (Å²) in [6.45, 7) is 3.73. The molecule has 1 aliphatic rings. The van der Waals surface area contributed by atoms with Crippen LogP contribution in [0.5, 0.6) is 5.75 Å². The number of phenolic OH excluding ortho intramolecular Hbond substituents is 1. The first kappa shape index (κ1) is 14.6. The zero-order chi connectivity index (χ0) is 14.5. The Morgan fingerprint density at radius 1 is 1.30 bits per heavy atom. The van der Waals surface area contributed by atoms with Crippen molar-refractivity contribution in [2.24, 2.45) is 11.0 Å². The fourth-order valence-electron chi connectivity index (χ4n) is 2.65. The SMILES string of the molecule is C/C(=N\NC(=O)c1cccc(C)c1O)C1CCCCC1. The Bertz CT molecular complexity index is 517. The second kappa shape index (κ2) is 6.55. The zero-order valence-corrected chi connectivity index (χ0v) is 12.1. The number of hydrazone groups is 1. The Morgan fingerprint density at radius 3 is 2.70 bits per heavy atom. The van der Waals surface area contributed by atoms with E-state index in [4.69, 9.17) is 0 Å². The second-order valence-corrected chi connectivity index (χ2v) is 5.50. The molecule has 0 atom stereocenters. The van der Waals surface area contributed by atoms with Gasteiger partial charge in [-0.3, -0.25) is 4.79 Å². The molecule has 1 amide bonds. The number of carbonyl (C=O) groups excluding carboxylic acids is 1. The van der Waals surface area contributed by atoms with Gasteiger partial charge in [-0.25, -0.2) is 5.43 Å². The van der Waals surface area contributed by atoms with Crippen LogP contribution in [0.3, 0.4) is 0 Å². The van der Waals surface area contributed by atoms with E-state index < -0.39 is 0 Å². The van der Waals surface area contributed by atoms with Crippen LogP contribution in [0, 0.1) is 12.8 Å². The number of rotatable bonds is 3. The van der Waals surface area contributed by atoms with Crippen LogP contribution >= 0.6 is 0 Å². The normalized spacial score (nSPS) is 17.0. The van der Waals surface area contributed by atoms with Crippen LogP contribution in [0.15, 0.2) is 23.3 Å². The molecule has 1 saturated carbocycles. The highest BCUT2D eigenvalue weighted by Crippen LogP contribution is 2.25. The molecule has 0 spiro atoms. The maximum absolute atomic E-state index is 12.0. The maximum Gasteiger partial charge on any atom is 0.275 e. The molecule has 1 aromatic carbocycles. The average Bonchev–Trinajstić information content (AvgIpc) is 2.48. The third-order valence-corrected chi connectivity index (χ3v) is 4.01. The molecule has 0 aromatic heterocycles. The number of hydrogen-bond acceptors (Lipinski definition) is 3. The average molecular weight is 274 g/mol. The molecule has 4 heteroatoms. The number of carbonyl (C=O) groups is 1. The molecular formula is C16H22N2O2. The minimum Gasteiger partial charge on any atom is -0.507 e. The molecule has 1 aliphatic carbocycles. The minimum atomic E-state index is -0.360. The van der Waals surface area contributed by atoms with Crippen molar-refractivity contribution in [1.29, 1.82) is 0 Å². The molecule has 20 heavy (non-hydrogen) atoms. The molecule has 2 rings (SSSR count). The van der Waals surface area contributed by atoms with E-state index in [0.29, 0.717) is 11.5 Å². The van der Waals surface area contributed by atoms with Crippen LogP contribution in [0.2, 0.25) is 0 Å². The van der Waals surface area contributed by atoms with Crippen molar-refractivity contribution >= 4 is 11.6 Å². The van der Waals surface area contributed by atoms with E-state index in [9.17, 15) is 9.90 Å². The lowest BCUT2D eigenvalue weighted by molar-refractivity contribution is 0.0951. The van der Waals surface area contributed by atoms with E-state index in [2.05, 4.69) is 10.5 Å².